The summed E-state index contributed by atoms with van der Waals surface area (Å²) in [5, 5.41) is 10.7. The molecule has 0 saturated heterocycles. The Morgan fingerprint density at radius 3 is 2.77 bits per heavy atom. The molecule has 0 unspecified atom stereocenters. The zero-order valence-electron chi connectivity index (χ0n) is 12.8. The fourth-order valence-corrected chi connectivity index (χ4v) is 2.23. The van der Waals surface area contributed by atoms with Gasteiger partial charge < -0.3 is 9.84 Å². The third kappa shape index (κ3) is 2.47. The Kier molecular flexibility index (Phi) is 4.30. The maximum Gasteiger partial charge on any atom is 0.347 e. The summed E-state index contributed by atoms with van der Waals surface area (Å²) in [6.07, 6.45) is 1.53. The van der Waals surface area contributed by atoms with E-state index in [1.54, 1.807) is 13.0 Å². The van der Waals surface area contributed by atoms with Crippen molar-refractivity contribution in [1.82, 2.24) is 9.55 Å². The molecule has 2 aromatic heterocycles. The molecule has 2 rings (SSSR count). The van der Waals surface area contributed by atoms with Gasteiger partial charge in [-0.2, -0.15) is 0 Å². The van der Waals surface area contributed by atoms with E-state index in [0.29, 0.717) is 11.0 Å². The van der Waals surface area contributed by atoms with Gasteiger partial charge in [-0.15, -0.1) is 6.58 Å². The Morgan fingerprint density at radius 1 is 1.50 bits per heavy atom. The van der Waals surface area contributed by atoms with Crippen LogP contribution in [0.5, 0.6) is 5.75 Å². The highest BCUT2D eigenvalue weighted by Gasteiger charge is 2.24. The van der Waals surface area contributed by atoms with E-state index in [2.05, 4.69) is 11.6 Å². The lowest BCUT2D eigenvalue weighted by Gasteiger charge is -2.14. The minimum Gasteiger partial charge on any atom is -0.506 e. The quantitative estimate of drug-likeness (QED) is 0.691. The van der Waals surface area contributed by atoms with Crippen LogP contribution < -0.4 is 5.56 Å². The van der Waals surface area contributed by atoms with Gasteiger partial charge in [0.1, 0.15) is 11.4 Å². The average Bonchev–Trinajstić information content (AvgIpc) is 2.46. The molecule has 0 radical (unpaired) electrons. The first kappa shape index (κ1) is 15.8. The van der Waals surface area contributed by atoms with Gasteiger partial charge in [-0.25, -0.2) is 9.78 Å². The Hall–Kier alpha value is -2.63. The summed E-state index contributed by atoms with van der Waals surface area (Å²) >= 11 is 0. The van der Waals surface area contributed by atoms with Crippen molar-refractivity contribution in [3.8, 4) is 5.75 Å². The molecule has 0 fully saturated rings. The minimum absolute atomic E-state index is 0.113. The van der Waals surface area contributed by atoms with E-state index >= 15 is 0 Å². The minimum atomic E-state index is -0.844. The van der Waals surface area contributed by atoms with Crippen molar-refractivity contribution in [2.45, 2.75) is 27.3 Å². The standard InChI is InChI=1S/C16H18N2O4/c1-5-7-18-14-11(8-9(3)10(4)17-14)13(19)12(15(18)20)16(21)22-6-2/h5,8,19H,1,6-7H2,2-4H3. The van der Waals surface area contributed by atoms with Crippen LogP contribution in [0, 0.1) is 13.8 Å². The number of aromatic nitrogens is 2. The summed E-state index contributed by atoms with van der Waals surface area (Å²) in [4.78, 5) is 28.9. The predicted octanol–water partition coefficient (Wildman–Crippen LogP) is 2.08. The number of pyridine rings is 2. The second-order valence-electron chi connectivity index (χ2n) is 4.91. The van der Waals surface area contributed by atoms with Crippen LogP contribution in [-0.4, -0.2) is 27.2 Å². The second-order valence-corrected chi connectivity index (χ2v) is 4.91. The molecule has 0 aliphatic heterocycles. The fourth-order valence-electron chi connectivity index (χ4n) is 2.23. The number of rotatable bonds is 4. The highest BCUT2D eigenvalue weighted by atomic mass is 16.5. The first-order valence-electron chi connectivity index (χ1n) is 6.94. The molecule has 0 aromatic carbocycles. The highest BCUT2D eigenvalue weighted by molar-refractivity contribution is 5.98. The molecule has 2 aromatic rings. The number of fused-ring (bicyclic) bond motifs is 1. The Bertz CT molecular complexity index is 821. The number of nitrogens with zero attached hydrogens (tertiary/aromatic N) is 2. The molecule has 1 N–H and O–H groups in total. The normalized spacial score (nSPS) is 10.7. The third-order valence-electron chi connectivity index (χ3n) is 3.44. The van der Waals surface area contributed by atoms with Crippen molar-refractivity contribution in [3.05, 3.63) is 45.9 Å². The second kappa shape index (κ2) is 6.01. The molecular weight excluding hydrogens is 284 g/mol. The van der Waals surface area contributed by atoms with Crippen LogP contribution in [-0.2, 0) is 11.3 Å². The van der Waals surface area contributed by atoms with E-state index in [9.17, 15) is 14.7 Å². The number of hydrogen-bond donors (Lipinski definition) is 1. The number of hydrogen-bond acceptors (Lipinski definition) is 5. The number of carbonyl (C=O) groups excluding carboxylic acids is 1. The van der Waals surface area contributed by atoms with Crippen LogP contribution in [0.3, 0.4) is 0 Å². The van der Waals surface area contributed by atoms with Crippen LogP contribution in [0.1, 0.15) is 28.5 Å². The molecule has 6 heteroatoms. The maximum atomic E-state index is 12.5. The number of ether oxygens (including phenoxy) is 1. The van der Waals surface area contributed by atoms with Gasteiger partial charge in [0, 0.05) is 12.2 Å². The average molecular weight is 302 g/mol. The number of allylic oxidation sites excluding steroid dienone is 1. The van der Waals surface area contributed by atoms with Gasteiger partial charge >= 0.3 is 5.97 Å². The highest BCUT2D eigenvalue weighted by Crippen LogP contribution is 2.27. The van der Waals surface area contributed by atoms with Crippen molar-refractivity contribution in [2.24, 2.45) is 0 Å². The first-order valence-corrected chi connectivity index (χ1v) is 6.94. The molecule has 0 aliphatic carbocycles. The third-order valence-corrected chi connectivity index (χ3v) is 3.44. The largest absolute Gasteiger partial charge is 0.506 e. The van der Waals surface area contributed by atoms with Crippen LogP contribution in [0.2, 0.25) is 0 Å². The van der Waals surface area contributed by atoms with Crippen LogP contribution in [0.4, 0.5) is 0 Å². The Balaban J connectivity index is 2.94. The lowest BCUT2D eigenvalue weighted by Crippen LogP contribution is -2.28. The molecule has 22 heavy (non-hydrogen) atoms. The number of carbonyl (C=O) groups is 1. The molecule has 0 saturated carbocycles. The molecule has 116 valence electrons. The molecule has 2 heterocycles. The van der Waals surface area contributed by atoms with Gasteiger partial charge in [0.2, 0.25) is 0 Å². The summed E-state index contributed by atoms with van der Waals surface area (Å²) in [7, 11) is 0. The number of esters is 1. The van der Waals surface area contributed by atoms with Gasteiger partial charge in [0.05, 0.1) is 12.0 Å². The first-order chi connectivity index (χ1) is 10.4. The lowest BCUT2D eigenvalue weighted by atomic mass is 10.1. The van der Waals surface area contributed by atoms with Crippen molar-refractivity contribution in [1.29, 1.82) is 0 Å². The van der Waals surface area contributed by atoms with E-state index < -0.39 is 17.3 Å². The summed E-state index contributed by atoms with van der Waals surface area (Å²) in [5.74, 6) is -1.24. The smallest absolute Gasteiger partial charge is 0.347 e. The topological polar surface area (TPSA) is 81.4 Å². The van der Waals surface area contributed by atoms with Crippen molar-refractivity contribution < 1.29 is 14.6 Å². The van der Waals surface area contributed by atoms with Crippen LogP contribution in [0.15, 0.2) is 23.5 Å². The molecule has 0 atom stereocenters. The molecule has 6 nitrogen and oxygen atoms in total. The predicted molar refractivity (Wildman–Crippen MR) is 83.3 cm³/mol. The molecule has 0 spiro atoms. The lowest BCUT2D eigenvalue weighted by molar-refractivity contribution is 0.0520. The fraction of sp³-hybridized carbons (Fsp3) is 0.312. The van der Waals surface area contributed by atoms with E-state index in [1.807, 2.05) is 13.8 Å². The number of aryl methyl sites for hydroxylation is 2. The zero-order valence-corrected chi connectivity index (χ0v) is 12.8. The molecule has 0 bridgehead atoms. The maximum absolute atomic E-state index is 12.5. The van der Waals surface area contributed by atoms with Crippen molar-refractivity contribution in [2.75, 3.05) is 6.61 Å². The van der Waals surface area contributed by atoms with Crippen molar-refractivity contribution >= 4 is 17.0 Å². The summed E-state index contributed by atoms with van der Waals surface area (Å²) in [6.45, 7) is 9.19. The summed E-state index contributed by atoms with van der Waals surface area (Å²) < 4.78 is 6.17. The monoisotopic (exact) mass is 302 g/mol. The zero-order chi connectivity index (χ0) is 16.4. The van der Waals surface area contributed by atoms with E-state index in [-0.39, 0.29) is 18.7 Å². The van der Waals surface area contributed by atoms with E-state index in [1.165, 1.54) is 10.6 Å². The van der Waals surface area contributed by atoms with Gasteiger partial charge in [0.25, 0.3) is 5.56 Å². The number of aromatic hydroxyl groups is 1. The molecular formula is C16H18N2O4. The van der Waals surface area contributed by atoms with E-state index in [4.69, 9.17) is 4.74 Å². The van der Waals surface area contributed by atoms with Gasteiger partial charge in [-0.3, -0.25) is 9.36 Å². The molecule has 0 amide bonds. The summed E-state index contributed by atoms with van der Waals surface area (Å²) in [6, 6.07) is 1.70. The van der Waals surface area contributed by atoms with Crippen LogP contribution >= 0.6 is 0 Å². The molecule has 0 aliphatic rings. The Morgan fingerprint density at radius 2 is 2.18 bits per heavy atom. The summed E-state index contributed by atoms with van der Waals surface area (Å²) in [5.41, 5.74) is 0.897. The SMILES string of the molecule is C=CCn1c(=O)c(C(=O)OCC)c(O)c2cc(C)c(C)nc21. The Labute approximate surface area is 127 Å². The van der Waals surface area contributed by atoms with Crippen LogP contribution in [0.25, 0.3) is 11.0 Å². The van der Waals surface area contributed by atoms with Gasteiger partial charge in [0.15, 0.2) is 5.56 Å². The van der Waals surface area contributed by atoms with E-state index in [0.717, 1.165) is 11.3 Å². The van der Waals surface area contributed by atoms with Crippen molar-refractivity contribution in [3.63, 3.8) is 0 Å². The van der Waals surface area contributed by atoms with Gasteiger partial charge in [-0.05, 0) is 32.4 Å². The van der Waals surface area contributed by atoms with Gasteiger partial charge in [-0.1, -0.05) is 6.08 Å².